The maximum Gasteiger partial charge on any atom is 0.129 e. The number of nitrogens with zero attached hydrogens (tertiary/aromatic N) is 3. The van der Waals surface area contributed by atoms with Crippen molar-refractivity contribution >= 4 is 0 Å². The van der Waals surface area contributed by atoms with Crippen molar-refractivity contribution in [2.75, 3.05) is 13.1 Å². The van der Waals surface area contributed by atoms with Gasteiger partial charge >= 0.3 is 0 Å². The molecule has 4 nitrogen and oxygen atoms in total. The molecular formula is C24H24N4. The second kappa shape index (κ2) is 8.33. The number of aryl methyl sites for hydroxylation is 1. The van der Waals surface area contributed by atoms with Gasteiger partial charge in [0, 0.05) is 23.7 Å². The van der Waals surface area contributed by atoms with Crippen LogP contribution in [0, 0.1) is 24.2 Å². The van der Waals surface area contributed by atoms with Crippen LogP contribution in [0.5, 0.6) is 0 Å². The number of hydrogen-bond donors (Lipinski definition) is 1. The molecule has 3 aromatic rings. The van der Waals surface area contributed by atoms with E-state index in [-0.39, 0.29) is 0 Å². The Morgan fingerprint density at radius 2 is 1.68 bits per heavy atom. The first kappa shape index (κ1) is 18.3. The van der Waals surface area contributed by atoms with Crippen LogP contribution in [0.2, 0.25) is 0 Å². The van der Waals surface area contributed by atoms with Gasteiger partial charge in [-0.2, -0.15) is 5.26 Å². The van der Waals surface area contributed by atoms with Gasteiger partial charge in [-0.25, -0.2) is 9.97 Å². The molecule has 1 aliphatic rings. The van der Waals surface area contributed by atoms with E-state index in [1.54, 1.807) is 0 Å². The van der Waals surface area contributed by atoms with E-state index in [2.05, 4.69) is 42.6 Å². The first-order chi connectivity index (χ1) is 13.7. The summed E-state index contributed by atoms with van der Waals surface area (Å²) in [6, 6.07) is 18.3. The van der Waals surface area contributed by atoms with E-state index >= 15 is 0 Å². The predicted molar refractivity (Wildman–Crippen MR) is 112 cm³/mol. The van der Waals surface area contributed by atoms with Crippen LogP contribution in [0.25, 0.3) is 22.4 Å². The van der Waals surface area contributed by atoms with Gasteiger partial charge in [0.1, 0.15) is 5.82 Å². The van der Waals surface area contributed by atoms with Crippen LogP contribution in [-0.4, -0.2) is 23.1 Å². The number of benzene rings is 2. The lowest BCUT2D eigenvalue weighted by molar-refractivity contribution is 0.367. The maximum absolute atomic E-state index is 9.10. The Hall–Kier alpha value is -3.03. The standard InChI is InChI=1S/C24H24N4/c1-17-2-6-20(7-3-17)22-16-27-23(14-18-10-12-26-13-11-18)28-24(22)21-8-4-19(15-25)5-9-21/h2-9,16,18,26H,10-14H2,1H3. The Morgan fingerprint density at radius 3 is 2.36 bits per heavy atom. The summed E-state index contributed by atoms with van der Waals surface area (Å²) in [5.74, 6) is 1.54. The lowest BCUT2D eigenvalue weighted by Crippen LogP contribution is -2.29. The van der Waals surface area contributed by atoms with Gasteiger partial charge in [0.05, 0.1) is 17.3 Å². The van der Waals surface area contributed by atoms with Gasteiger partial charge in [-0.15, -0.1) is 0 Å². The van der Waals surface area contributed by atoms with Crippen molar-refractivity contribution in [1.82, 2.24) is 15.3 Å². The van der Waals surface area contributed by atoms with Crippen molar-refractivity contribution in [3.63, 3.8) is 0 Å². The first-order valence-electron chi connectivity index (χ1n) is 9.87. The van der Waals surface area contributed by atoms with Gasteiger partial charge in [0.15, 0.2) is 0 Å². The number of rotatable bonds is 4. The third-order valence-electron chi connectivity index (χ3n) is 5.42. The molecule has 0 atom stereocenters. The largest absolute Gasteiger partial charge is 0.317 e. The molecule has 0 bridgehead atoms. The summed E-state index contributed by atoms with van der Waals surface area (Å²) in [6.07, 6.45) is 5.23. The van der Waals surface area contributed by atoms with Gasteiger partial charge in [-0.05, 0) is 56.5 Å². The predicted octanol–water partition coefficient (Wildman–Crippen LogP) is 4.53. The van der Waals surface area contributed by atoms with E-state index < -0.39 is 0 Å². The summed E-state index contributed by atoms with van der Waals surface area (Å²) >= 11 is 0. The van der Waals surface area contributed by atoms with Crippen LogP contribution in [0.4, 0.5) is 0 Å². The van der Waals surface area contributed by atoms with Gasteiger partial charge < -0.3 is 5.32 Å². The molecule has 1 fully saturated rings. The lowest BCUT2D eigenvalue weighted by atomic mass is 9.94. The van der Waals surface area contributed by atoms with Crippen molar-refractivity contribution < 1.29 is 0 Å². The number of nitriles is 1. The van der Waals surface area contributed by atoms with Gasteiger partial charge in [0.2, 0.25) is 0 Å². The van der Waals surface area contributed by atoms with Crippen molar-refractivity contribution in [1.29, 1.82) is 5.26 Å². The molecule has 1 aliphatic heterocycles. The highest BCUT2D eigenvalue weighted by Gasteiger charge is 2.17. The average molecular weight is 368 g/mol. The van der Waals surface area contributed by atoms with Crippen molar-refractivity contribution in [3.05, 3.63) is 71.7 Å². The zero-order valence-corrected chi connectivity index (χ0v) is 16.2. The summed E-state index contributed by atoms with van der Waals surface area (Å²) in [5, 5.41) is 12.5. The minimum Gasteiger partial charge on any atom is -0.317 e. The summed E-state index contributed by atoms with van der Waals surface area (Å²) in [6.45, 7) is 4.24. The topological polar surface area (TPSA) is 61.6 Å². The zero-order chi connectivity index (χ0) is 19.3. The summed E-state index contributed by atoms with van der Waals surface area (Å²) in [5.41, 5.74) is 5.98. The smallest absolute Gasteiger partial charge is 0.129 e. The van der Waals surface area contributed by atoms with Gasteiger partial charge in [-0.3, -0.25) is 0 Å². The van der Waals surface area contributed by atoms with Crippen molar-refractivity contribution in [3.8, 4) is 28.5 Å². The van der Waals surface area contributed by atoms with E-state index in [4.69, 9.17) is 15.2 Å². The van der Waals surface area contributed by atoms with Gasteiger partial charge in [-0.1, -0.05) is 42.0 Å². The number of aromatic nitrogens is 2. The monoisotopic (exact) mass is 368 g/mol. The van der Waals surface area contributed by atoms with Crippen LogP contribution in [-0.2, 0) is 6.42 Å². The molecule has 0 unspecified atom stereocenters. The van der Waals surface area contributed by atoms with Crippen molar-refractivity contribution in [2.45, 2.75) is 26.2 Å². The fourth-order valence-corrected chi connectivity index (χ4v) is 3.73. The molecule has 2 aromatic carbocycles. The number of hydrogen-bond acceptors (Lipinski definition) is 4. The quantitative estimate of drug-likeness (QED) is 0.735. The van der Waals surface area contributed by atoms with Crippen LogP contribution in [0.1, 0.15) is 29.8 Å². The Balaban J connectivity index is 1.74. The molecule has 0 radical (unpaired) electrons. The van der Waals surface area contributed by atoms with E-state index in [1.165, 1.54) is 18.4 Å². The molecule has 4 rings (SSSR count). The molecule has 140 valence electrons. The summed E-state index contributed by atoms with van der Waals surface area (Å²) in [4.78, 5) is 9.68. The first-order valence-corrected chi connectivity index (χ1v) is 9.87. The molecule has 1 N–H and O–H groups in total. The second-order valence-corrected chi connectivity index (χ2v) is 7.50. The van der Waals surface area contributed by atoms with Crippen LogP contribution in [0.3, 0.4) is 0 Å². The Bertz CT molecular complexity index is 979. The highest BCUT2D eigenvalue weighted by atomic mass is 14.9. The molecular weight excluding hydrogens is 344 g/mol. The molecule has 2 heterocycles. The third-order valence-corrected chi connectivity index (χ3v) is 5.42. The van der Waals surface area contributed by atoms with E-state index in [0.29, 0.717) is 11.5 Å². The molecule has 4 heteroatoms. The SMILES string of the molecule is Cc1ccc(-c2cnc(CC3CCNCC3)nc2-c2ccc(C#N)cc2)cc1. The third kappa shape index (κ3) is 4.11. The van der Waals surface area contributed by atoms with Gasteiger partial charge in [0.25, 0.3) is 0 Å². The molecule has 0 aliphatic carbocycles. The average Bonchev–Trinajstić information content (AvgIpc) is 2.75. The summed E-state index contributed by atoms with van der Waals surface area (Å²) < 4.78 is 0. The lowest BCUT2D eigenvalue weighted by Gasteiger charge is -2.22. The fourth-order valence-electron chi connectivity index (χ4n) is 3.73. The van der Waals surface area contributed by atoms with Crippen LogP contribution >= 0.6 is 0 Å². The maximum atomic E-state index is 9.10. The second-order valence-electron chi connectivity index (χ2n) is 7.50. The molecule has 0 amide bonds. The van der Waals surface area contributed by atoms with E-state index in [1.807, 2.05) is 30.5 Å². The minimum absolute atomic E-state index is 0.639. The molecule has 1 aromatic heterocycles. The minimum atomic E-state index is 0.639. The van der Waals surface area contributed by atoms with E-state index in [0.717, 1.165) is 47.7 Å². The fraction of sp³-hybridized carbons (Fsp3) is 0.292. The summed E-state index contributed by atoms with van der Waals surface area (Å²) in [7, 11) is 0. The molecule has 28 heavy (non-hydrogen) atoms. The van der Waals surface area contributed by atoms with Crippen LogP contribution < -0.4 is 5.32 Å². The normalized spacial score (nSPS) is 14.6. The molecule has 1 saturated heterocycles. The van der Waals surface area contributed by atoms with Crippen LogP contribution in [0.15, 0.2) is 54.7 Å². The zero-order valence-electron chi connectivity index (χ0n) is 16.2. The highest BCUT2D eigenvalue weighted by Crippen LogP contribution is 2.31. The Labute approximate surface area is 166 Å². The number of nitrogens with one attached hydrogen (secondary N) is 1. The molecule has 0 saturated carbocycles. The Kier molecular flexibility index (Phi) is 5.45. The van der Waals surface area contributed by atoms with E-state index in [9.17, 15) is 0 Å². The number of piperidine rings is 1. The highest BCUT2D eigenvalue weighted by molar-refractivity contribution is 5.80. The van der Waals surface area contributed by atoms with Crippen molar-refractivity contribution in [2.24, 2.45) is 5.92 Å². The Morgan fingerprint density at radius 1 is 1.00 bits per heavy atom. The molecule has 0 spiro atoms.